The minimum Gasteiger partial charge on any atom is -0.496 e. The highest BCUT2D eigenvalue weighted by atomic mass is 16.6. The van der Waals surface area contributed by atoms with Gasteiger partial charge in [-0.1, -0.05) is 30.6 Å². The zero-order valence-electron chi connectivity index (χ0n) is 11.6. The summed E-state index contributed by atoms with van der Waals surface area (Å²) in [5.74, 6) is 1.81. The van der Waals surface area contributed by atoms with Crippen LogP contribution in [0.2, 0.25) is 0 Å². The summed E-state index contributed by atoms with van der Waals surface area (Å²) in [5.41, 5.74) is 7.86. The minimum atomic E-state index is 0.365. The molecule has 0 aliphatic heterocycles. The molecule has 0 fully saturated rings. The van der Waals surface area contributed by atoms with Crippen molar-refractivity contribution in [1.29, 1.82) is 0 Å². The molecule has 0 radical (unpaired) electrons. The Kier molecular flexibility index (Phi) is 5.49. The number of benzene rings is 1. The van der Waals surface area contributed by atoms with Crippen LogP contribution in [0.1, 0.15) is 31.4 Å². The van der Waals surface area contributed by atoms with Gasteiger partial charge in [-0.3, -0.25) is 0 Å². The maximum Gasteiger partial charge on any atom is 0.145 e. The van der Waals surface area contributed by atoms with Crippen LogP contribution >= 0.6 is 0 Å². The normalized spacial score (nSPS) is 11.7. The van der Waals surface area contributed by atoms with E-state index in [1.807, 2.05) is 25.1 Å². The molecule has 0 aliphatic rings. The van der Waals surface area contributed by atoms with E-state index in [0.29, 0.717) is 18.4 Å². The molecule has 1 rings (SSSR count). The van der Waals surface area contributed by atoms with Gasteiger partial charge < -0.3 is 15.3 Å². The zero-order valence-corrected chi connectivity index (χ0v) is 11.6. The third-order valence-electron chi connectivity index (χ3n) is 2.46. The summed E-state index contributed by atoms with van der Waals surface area (Å²) in [7, 11) is 1.64. The fourth-order valence-corrected chi connectivity index (χ4v) is 1.66. The molecule has 0 saturated carbocycles. The van der Waals surface area contributed by atoms with Crippen LogP contribution in [0, 0.1) is 12.8 Å². The molecule has 0 bridgehead atoms. The van der Waals surface area contributed by atoms with Gasteiger partial charge in [0.15, 0.2) is 0 Å². The molecular weight excluding hydrogens is 228 g/mol. The maximum absolute atomic E-state index is 5.73. The van der Waals surface area contributed by atoms with Gasteiger partial charge in [-0.2, -0.15) is 0 Å². The van der Waals surface area contributed by atoms with Gasteiger partial charge in [0.05, 0.1) is 7.11 Å². The van der Waals surface area contributed by atoms with Gasteiger partial charge >= 0.3 is 0 Å². The first kappa shape index (κ1) is 14.4. The van der Waals surface area contributed by atoms with Crippen molar-refractivity contribution in [3.63, 3.8) is 0 Å². The second kappa shape index (κ2) is 6.89. The van der Waals surface area contributed by atoms with Crippen molar-refractivity contribution in [3.05, 3.63) is 29.3 Å². The van der Waals surface area contributed by atoms with Gasteiger partial charge in [0, 0.05) is 12.0 Å². The predicted octanol–water partition coefficient (Wildman–Crippen LogP) is 2.84. The van der Waals surface area contributed by atoms with E-state index in [1.165, 1.54) is 0 Å². The molecule has 0 aliphatic carbocycles. The molecule has 1 aromatic carbocycles. The number of amidine groups is 1. The molecule has 100 valence electrons. The average molecular weight is 250 g/mol. The molecule has 0 heterocycles. The molecule has 18 heavy (non-hydrogen) atoms. The Bertz CT molecular complexity index is 414. The molecule has 2 N–H and O–H groups in total. The Hall–Kier alpha value is -1.71. The molecule has 4 heteroatoms. The van der Waals surface area contributed by atoms with Crippen LogP contribution in [0.5, 0.6) is 5.75 Å². The Morgan fingerprint density at radius 2 is 2.11 bits per heavy atom. The number of ether oxygens (including phenoxy) is 1. The van der Waals surface area contributed by atoms with E-state index in [0.717, 1.165) is 23.3 Å². The highest BCUT2D eigenvalue weighted by Gasteiger charge is 2.04. The number of oxime groups is 1. The Balaban J connectivity index is 2.60. The smallest absolute Gasteiger partial charge is 0.145 e. The number of hydrogen-bond acceptors (Lipinski definition) is 3. The van der Waals surface area contributed by atoms with Crippen LogP contribution in [0.25, 0.3) is 0 Å². The first-order valence-corrected chi connectivity index (χ1v) is 6.10. The van der Waals surface area contributed by atoms with E-state index >= 15 is 0 Å². The molecule has 0 atom stereocenters. The van der Waals surface area contributed by atoms with Crippen LogP contribution in [0.15, 0.2) is 23.4 Å². The van der Waals surface area contributed by atoms with Crippen molar-refractivity contribution >= 4 is 5.84 Å². The third kappa shape index (κ3) is 4.65. The quantitative estimate of drug-likeness (QED) is 0.480. The lowest BCUT2D eigenvalue weighted by Gasteiger charge is -2.09. The van der Waals surface area contributed by atoms with Crippen LogP contribution < -0.4 is 10.5 Å². The lowest BCUT2D eigenvalue weighted by molar-refractivity contribution is 0.127. The summed E-state index contributed by atoms with van der Waals surface area (Å²) in [4.78, 5) is 5.26. The van der Waals surface area contributed by atoms with E-state index in [4.69, 9.17) is 15.3 Å². The molecule has 0 saturated heterocycles. The summed E-state index contributed by atoms with van der Waals surface area (Å²) < 4.78 is 5.26. The standard InChI is InChI=1S/C14H22N2O2/c1-10(2)7-14(15)16-18-9-12-8-11(3)5-6-13(12)17-4/h5-6,8,10H,7,9H2,1-4H3,(H2,15,16). The van der Waals surface area contributed by atoms with Gasteiger partial charge in [0.25, 0.3) is 0 Å². The van der Waals surface area contributed by atoms with E-state index in [2.05, 4.69) is 19.0 Å². The Labute approximate surface area is 109 Å². The highest BCUT2D eigenvalue weighted by Crippen LogP contribution is 2.20. The Morgan fingerprint density at radius 3 is 2.72 bits per heavy atom. The molecule has 1 aromatic rings. The van der Waals surface area contributed by atoms with Crippen LogP contribution in [0.4, 0.5) is 0 Å². The molecule has 0 unspecified atom stereocenters. The van der Waals surface area contributed by atoms with Crippen molar-refractivity contribution in [1.82, 2.24) is 0 Å². The van der Waals surface area contributed by atoms with E-state index in [9.17, 15) is 0 Å². The highest BCUT2D eigenvalue weighted by molar-refractivity contribution is 5.79. The maximum atomic E-state index is 5.73. The largest absolute Gasteiger partial charge is 0.496 e. The van der Waals surface area contributed by atoms with Gasteiger partial charge in [-0.05, 0) is 25.0 Å². The summed E-state index contributed by atoms with van der Waals surface area (Å²) in [6.07, 6.45) is 0.741. The lowest BCUT2D eigenvalue weighted by atomic mass is 10.1. The SMILES string of the molecule is COc1ccc(C)cc1CO/N=C(/N)CC(C)C. The fraction of sp³-hybridized carbons (Fsp3) is 0.500. The summed E-state index contributed by atoms with van der Waals surface area (Å²) in [5, 5.41) is 3.90. The number of methoxy groups -OCH3 is 1. The number of hydrogen-bond donors (Lipinski definition) is 1. The minimum absolute atomic E-state index is 0.365. The van der Waals surface area contributed by atoms with Gasteiger partial charge in [-0.15, -0.1) is 0 Å². The number of rotatable bonds is 6. The second-order valence-corrected chi connectivity index (χ2v) is 4.77. The van der Waals surface area contributed by atoms with Crippen LogP contribution in [-0.4, -0.2) is 12.9 Å². The van der Waals surface area contributed by atoms with E-state index < -0.39 is 0 Å². The average Bonchev–Trinajstić information content (AvgIpc) is 2.28. The number of nitrogens with two attached hydrogens (primary N) is 1. The van der Waals surface area contributed by atoms with Crippen LogP contribution in [0.3, 0.4) is 0 Å². The number of aryl methyl sites for hydroxylation is 1. The van der Waals surface area contributed by atoms with Crippen molar-refractivity contribution < 1.29 is 9.57 Å². The topological polar surface area (TPSA) is 56.8 Å². The molecule has 0 spiro atoms. The van der Waals surface area contributed by atoms with Crippen molar-refractivity contribution in [2.75, 3.05) is 7.11 Å². The zero-order chi connectivity index (χ0) is 13.5. The van der Waals surface area contributed by atoms with E-state index in [1.54, 1.807) is 7.11 Å². The van der Waals surface area contributed by atoms with Gasteiger partial charge in [0.2, 0.25) is 0 Å². The van der Waals surface area contributed by atoms with Crippen molar-refractivity contribution in [2.45, 2.75) is 33.8 Å². The fourth-order valence-electron chi connectivity index (χ4n) is 1.66. The van der Waals surface area contributed by atoms with Gasteiger partial charge in [-0.25, -0.2) is 0 Å². The van der Waals surface area contributed by atoms with Crippen molar-refractivity contribution in [2.24, 2.45) is 16.8 Å². The summed E-state index contributed by atoms with van der Waals surface area (Å²) in [6.45, 7) is 6.57. The van der Waals surface area contributed by atoms with Crippen molar-refractivity contribution in [3.8, 4) is 5.75 Å². The molecule has 0 aromatic heterocycles. The number of nitrogens with zero attached hydrogens (tertiary/aromatic N) is 1. The van der Waals surface area contributed by atoms with Crippen LogP contribution in [-0.2, 0) is 11.4 Å². The summed E-state index contributed by atoms with van der Waals surface area (Å²) >= 11 is 0. The second-order valence-electron chi connectivity index (χ2n) is 4.77. The van der Waals surface area contributed by atoms with E-state index in [-0.39, 0.29) is 0 Å². The molecule has 0 amide bonds. The third-order valence-corrected chi connectivity index (χ3v) is 2.46. The molecule has 4 nitrogen and oxygen atoms in total. The monoisotopic (exact) mass is 250 g/mol. The summed E-state index contributed by atoms with van der Waals surface area (Å²) in [6, 6.07) is 5.95. The van der Waals surface area contributed by atoms with Gasteiger partial charge in [0.1, 0.15) is 18.2 Å². The molecular formula is C14H22N2O2. The first-order chi connectivity index (χ1) is 8.52. The lowest BCUT2D eigenvalue weighted by Crippen LogP contribution is -2.14. The Morgan fingerprint density at radius 1 is 1.39 bits per heavy atom. The first-order valence-electron chi connectivity index (χ1n) is 6.10. The predicted molar refractivity (Wildman–Crippen MR) is 73.6 cm³/mol.